The van der Waals surface area contributed by atoms with Gasteiger partial charge < -0.3 is 11.1 Å². The van der Waals surface area contributed by atoms with Gasteiger partial charge in [-0.1, -0.05) is 18.5 Å². The Bertz CT molecular complexity index is 833. The number of benzene rings is 1. The molecular weight excluding hydrogens is 400 g/mol. The van der Waals surface area contributed by atoms with Crippen LogP contribution in [0, 0.1) is 5.92 Å². The van der Waals surface area contributed by atoms with Crippen LogP contribution in [0.5, 0.6) is 0 Å². The number of thiophene rings is 1. The summed E-state index contributed by atoms with van der Waals surface area (Å²) in [6, 6.07) is 7.68. The van der Waals surface area contributed by atoms with Crippen molar-refractivity contribution in [3.63, 3.8) is 0 Å². The lowest BCUT2D eigenvalue weighted by Gasteiger charge is -2.18. The van der Waals surface area contributed by atoms with Crippen molar-refractivity contribution >= 4 is 51.5 Å². The van der Waals surface area contributed by atoms with Crippen LogP contribution in [0.2, 0.25) is 5.02 Å². The Morgan fingerprint density at radius 3 is 2.78 bits per heavy atom. The van der Waals surface area contributed by atoms with Gasteiger partial charge in [0.15, 0.2) is 0 Å². The third kappa shape index (κ3) is 5.27. The summed E-state index contributed by atoms with van der Waals surface area (Å²) in [5.41, 5.74) is 7.15. The molecule has 7 heteroatoms. The molecule has 1 aromatic carbocycles. The number of thioether (sulfide) groups is 1. The Kier molecular flexibility index (Phi) is 6.84. The number of carbonyl (C=O) groups excluding carboxylic acids is 2. The summed E-state index contributed by atoms with van der Waals surface area (Å²) < 4.78 is 0. The third-order valence-corrected chi connectivity index (χ3v) is 7.16. The SMILES string of the molecule is CC1CCc2c(sc(NC(=O)CCCSc3ccc(Cl)cc3)c2C(N)=O)C1. The number of hydrogen-bond acceptors (Lipinski definition) is 4. The number of hydrogen-bond donors (Lipinski definition) is 2. The Labute approximate surface area is 172 Å². The van der Waals surface area contributed by atoms with Gasteiger partial charge in [-0.05, 0) is 67.2 Å². The molecule has 3 N–H and O–H groups in total. The molecule has 0 saturated carbocycles. The summed E-state index contributed by atoms with van der Waals surface area (Å²) in [4.78, 5) is 26.6. The minimum Gasteiger partial charge on any atom is -0.365 e. The Morgan fingerprint density at radius 1 is 1.33 bits per heavy atom. The molecule has 3 rings (SSSR count). The van der Waals surface area contributed by atoms with Gasteiger partial charge in [0.25, 0.3) is 5.91 Å². The minimum atomic E-state index is -0.448. The number of nitrogens with two attached hydrogens (primary N) is 1. The molecular formula is C20H23ClN2O2S2. The second-order valence-corrected chi connectivity index (χ2v) is 9.58. The second kappa shape index (κ2) is 9.13. The lowest BCUT2D eigenvalue weighted by atomic mass is 9.88. The van der Waals surface area contributed by atoms with Gasteiger partial charge >= 0.3 is 0 Å². The van der Waals surface area contributed by atoms with Crippen molar-refractivity contribution in [2.24, 2.45) is 11.7 Å². The van der Waals surface area contributed by atoms with Crippen molar-refractivity contribution in [3.05, 3.63) is 45.3 Å². The monoisotopic (exact) mass is 422 g/mol. The zero-order valence-corrected chi connectivity index (χ0v) is 17.6. The second-order valence-electron chi connectivity index (χ2n) is 6.87. The molecule has 0 fully saturated rings. The molecule has 1 atom stereocenters. The van der Waals surface area contributed by atoms with Crippen molar-refractivity contribution in [2.75, 3.05) is 11.1 Å². The zero-order chi connectivity index (χ0) is 19.4. The highest BCUT2D eigenvalue weighted by Crippen LogP contribution is 2.39. The molecule has 144 valence electrons. The summed E-state index contributed by atoms with van der Waals surface area (Å²) in [7, 11) is 0. The van der Waals surface area contributed by atoms with Crippen LogP contribution in [-0.4, -0.2) is 17.6 Å². The van der Waals surface area contributed by atoms with Gasteiger partial charge in [-0.2, -0.15) is 0 Å². The van der Waals surface area contributed by atoms with E-state index in [1.54, 1.807) is 11.8 Å². The van der Waals surface area contributed by atoms with Gasteiger partial charge in [-0.3, -0.25) is 9.59 Å². The van der Waals surface area contributed by atoms with E-state index in [-0.39, 0.29) is 5.91 Å². The number of halogens is 1. The lowest BCUT2D eigenvalue weighted by Crippen LogP contribution is -2.19. The van der Waals surface area contributed by atoms with Crippen LogP contribution in [0.25, 0.3) is 0 Å². The Morgan fingerprint density at radius 2 is 2.07 bits per heavy atom. The number of fused-ring (bicyclic) bond motifs is 1. The average molecular weight is 423 g/mol. The van der Waals surface area contributed by atoms with Crippen molar-refractivity contribution in [1.29, 1.82) is 0 Å². The first-order chi connectivity index (χ1) is 12.9. The van der Waals surface area contributed by atoms with E-state index >= 15 is 0 Å². The minimum absolute atomic E-state index is 0.0687. The van der Waals surface area contributed by atoms with E-state index in [1.165, 1.54) is 16.2 Å². The number of carbonyl (C=O) groups is 2. The summed E-state index contributed by atoms with van der Waals surface area (Å²) >= 11 is 9.08. The lowest BCUT2D eigenvalue weighted by molar-refractivity contribution is -0.116. The van der Waals surface area contributed by atoms with E-state index in [9.17, 15) is 9.59 Å². The highest BCUT2D eigenvalue weighted by atomic mass is 35.5. The van der Waals surface area contributed by atoms with Crippen LogP contribution in [0.1, 0.15) is 47.0 Å². The molecule has 2 aromatic rings. The Hall–Kier alpha value is -1.50. The molecule has 0 radical (unpaired) electrons. The van der Waals surface area contributed by atoms with E-state index < -0.39 is 5.91 Å². The highest BCUT2D eigenvalue weighted by molar-refractivity contribution is 7.99. The molecule has 27 heavy (non-hydrogen) atoms. The molecule has 4 nitrogen and oxygen atoms in total. The van der Waals surface area contributed by atoms with Crippen LogP contribution in [0.4, 0.5) is 5.00 Å². The van der Waals surface area contributed by atoms with Crippen LogP contribution >= 0.6 is 34.7 Å². The fraction of sp³-hybridized carbons (Fsp3) is 0.400. The smallest absolute Gasteiger partial charge is 0.251 e. The average Bonchev–Trinajstić information content (AvgIpc) is 2.97. The van der Waals surface area contributed by atoms with Crippen LogP contribution < -0.4 is 11.1 Å². The number of anilines is 1. The first kappa shape index (κ1) is 20.2. The predicted octanol–water partition coefficient (Wildman–Crippen LogP) is 5.14. The van der Waals surface area contributed by atoms with Crippen molar-refractivity contribution in [2.45, 2.75) is 43.9 Å². The van der Waals surface area contributed by atoms with E-state index in [4.69, 9.17) is 17.3 Å². The molecule has 0 spiro atoms. The standard InChI is InChI=1S/C20H23ClN2O2S2/c1-12-4-9-15-16(11-12)27-20(18(15)19(22)25)23-17(24)3-2-10-26-14-7-5-13(21)6-8-14/h5-8,12H,2-4,9-11H2,1H3,(H2,22,25)(H,23,24). The van der Waals surface area contributed by atoms with Crippen molar-refractivity contribution in [1.82, 2.24) is 0 Å². The molecule has 0 bridgehead atoms. The first-order valence-electron chi connectivity index (χ1n) is 9.06. The summed E-state index contributed by atoms with van der Waals surface area (Å²) in [6.45, 7) is 2.21. The van der Waals surface area contributed by atoms with Crippen LogP contribution in [0.3, 0.4) is 0 Å². The van der Waals surface area contributed by atoms with Gasteiger partial charge in [0.05, 0.1) is 5.56 Å². The summed E-state index contributed by atoms with van der Waals surface area (Å²) in [5, 5.41) is 4.26. The maximum Gasteiger partial charge on any atom is 0.251 e. The molecule has 1 aromatic heterocycles. The first-order valence-corrected chi connectivity index (χ1v) is 11.2. The topological polar surface area (TPSA) is 72.2 Å². The van der Waals surface area contributed by atoms with E-state index in [0.29, 0.717) is 22.9 Å². The molecule has 0 saturated heterocycles. The number of primary amides is 1. The van der Waals surface area contributed by atoms with Gasteiger partial charge in [-0.15, -0.1) is 23.1 Å². The summed E-state index contributed by atoms with van der Waals surface area (Å²) in [5.74, 6) is 0.928. The highest BCUT2D eigenvalue weighted by Gasteiger charge is 2.27. The van der Waals surface area contributed by atoms with Crippen molar-refractivity contribution < 1.29 is 9.59 Å². The molecule has 1 unspecified atom stereocenters. The van der Waals surface area contributed by atoms with Gasteiger partial charge in [0.1, 0.15) is 5.00 Å². The van der Waals surface area contributed by atoms with Gasteiger partial charge in [-0.25, -0.2) is 0 Å². The summed E-state index contributed by atoms with van der Waals surface area (Å²) in [6.07, 6.45) is 4.04. The van der Waals surface area contributed by atoms with E-state index in [1.807, 2.05) is 24.3 Å². The predicted molar refractivity (Wildman–Crippen MR) is 114 cm³/mol. The maximum atomic E-state index is 12.3. The Balaban J connectivity index is 1.54. The van der Waals surface area contributed by atoms with Gasteiger partial charge in [0.2, 0.25) is 5.91 Å². The molecule has 1 heterocycles. The normalized spacial score (nSPS) is 16.0. The van der Waals surface area contributed by atoms with Crippen LogP contribution in [-0.2, 0) is 17.6 Å². The van der Waals surface area contributed by atoms with Gasteiger partial charge in [0, 0.05) is 21.2 Å². The molecule has 1 aliphatic rings. The number of nitrogens with one attached hydrogen (secondary N) is 1. The molecule has 1 aliphatic carbocycles. The quantitative estimate of drug-likeness (QED) is 0.479. The fourth-order valence-corrected chi connectivity index (χ4v) is 5.65. The maximum absolute atomic E-state index is 12.3. The third-order valence-electron chi connectivity index (χ3n) is 4.64. The molecule has 0 aliphatic heterocycles. The zero-order valence-electron chi connectivity index (χ0n) is 15.2. The number of rotatable bonds is 7. The number of amides is 2. The fourth-order valence-electron chi connectivity index (χ4n) is 3.24. The largest absolute Gasteiger partial charge is 0.365 e. The van der Waals surface area contributed by atoms with Crippen LogP contribution in [0.15, 0.2) is 29.2 Å². The molecule has 2 amide bonds. The van der Waals surface area contributed by atoms with E-state index in [0.717, 1.165) is 46.9 Å². The van der Waals surface area contributed by atoms with E-state index in [2.05, 4.69) is 12.2 Å². The van der Waals surface area contributed by atoms with Crippen molar-refractivity contribution in [3.8, 4) is 0 Å².